The van der Waals surface area contributed by atoms with Crippen LogP contribution in [0.4, 0.5) is 4.79 Å². The molecule has 0 heterocycles. The van der Waals surface area contributed by atoms with E-state index in [1.807, 2.05) is 0 Å². The molecular weight excluding hydrogens is 144 g/mol. The highest BCUT2D eigenvalue weighted by Gasteiger charge is 2.24. The van der Waals surface area contributed by atoms with Crippen LogP contribution >= 0.6 is 0 Å². The van der Waals surface area contributed by atoms with Gasteiger partial charge in [-0.3, -0.25) is 0 Å². The van der Waals surface area contributed by atoms with E-state index >= 15 is 0 Å². The molecule has 0 aromatic carbocycles. The molecule has 2 amide bonds. The third-order valence-corrected chi connectivity index (χ3v) is 1.69. The van der Waals surface area contributed by atoms with Crippen molar-refractivity contribution in [2.75, 3.05) is 20.2 Å². The molecule has 1 rings (SSSR count). The zero-order chi connectivity index (χ0) is 8.27. The Labute approximate surface area is 66.2 Å². The fourth-order valence-corrected chi connectivity index (χ4v) is 0.764. The Balaban J connectivity index is 2.15. The third-order valence-electron chi connectivity index (χ3n) is 1.69. The second kappa shape index (κ2) is 3.57. The van der Waals surface area contributed by atoms with Gasteiger partial charge in [0.1, 0.15) is 0 Å². The van der Waals surface area contributed by atoms with Crippen molar-refractivity contribution in [3.63, 3.8) is 0 Å². The van der Waals surface area contributed by atoms with Gasteiger partial charge in [-0.2, -0.15) is 0 Å². The monoisotopic (exact) mass is 158 g/mol. The van der Waals surface area contributed by atoms with Crippen LogP contribution in [-0.4, -0.2) is 42.3 Å². The summed E-state index contributed by atoms with van der Waals surface area (Å²) in [4.78, 5) is 12.6. The van der Waals surface area contributed by atoms with Gasteiger partial charge in [-0.25, -0.2) is 4.79 Å². The Morgan fingerprint density at radius 2 is 2.36 bits per heavy atom. The number of aliphatic hydroxyl groups is 1. The molecule has 0 radical (unpaired) electrons. The fraction of sp³-hybridized carbons (Fsp3) is 0.857. The van der Waals surface area contributed by atoms with Gasteiger partial charge >= 0.3 is 6.03 Å². The van der Waals surface area contributed by atoms with Gasteiger partial charge in [-0.15, -0.1) is 0 Å². The Kier molecular flexibility index (Phi) is 2.70. The molecule has 1 aliphatic rings. The van der Waals surface area contributed by atoms with Crippen molar-refractivity contribution in [3.8, 4) is 0 Å². The molecule has 64 valence electrons. The third kappa shape index (κ3) is 2.76. The maximum atomic E-state index is 11.1. The first-order valence-electron chi connectivity index (χ1n) is 3.86. The highest BCUT2D eigenvalue weighted by Crippen LogP contribution is 2.18. The molecule has 0 aliphatic heterocycles. The lowest BCUT2D eigenvalue weighted by molar-refractivity contribution is 0.190. The highest BCUT2D eigenvalue weighted by atomic mass is 16.3. The number of aliphatic hydroxyl groups excluding tert-OH is 1. The Bertz CT molecular complexity index is 145. The predicted octanol–water partition coefficient (Wildman–Crippen LogP) is -0.218. The van der Waals surface area contributed by atoms with Crippen LogP contribution in [0.5, 0.6) is 0 Å². The molecule has 0 unspecified atom stereocenters. The summed E-state index contributed by atoms with van der Waals surface area (Å²) in [5.74, 6) is 0. The highest BCUT2D eigenvalue weighted by molar-refractivity contribution is 5.74. The van der Waals surface area contributed by atoms with Gasteiger partial charge in [0.2, 0.25) is 0 Å². The number of nitrogens with zero attached hydrogens (tertiary/aromatic N) is 1. The molecule has 11 heavy (non-hydrogen) atoms. The molecule has 4 nitrogen and oxygen atoms in total. The van der Waals surface area contributed by atoms with E-state index in [2.05, 4.69) is 5.32 Å². The van der Waals surface area contributed by atoms with Crippen LogP contribution in [0.2, 0.25) is 0 Å². The lowest BCUT2D eigenvalue weighted by Crippen LogP contribution is -2.39. The van der Waals surface area contributed by atoms with Crippen molar-refractivity contribution < 1.29 is 9.90 Å². The van der Waals surface area contributed by atoms with E-state index in [-0.39, 0.29) is 12.6 Å². The maximum absolute atomic E-state index is 11.1. The van der Waals surface area contributed by atoms with Crippen LogP contribution in [-0.2, 0) is 0 Å². The van der Waals surface area contributed by atoms with Crippen LogP contribution in [0.1, 0.15) is 12.8 Å². The SMILES string of the molecule is CN(CCO)C(=O)NC1CC1. The topological polar surface area (TPSA) is 52.6 Å². The van der Waals surface area contributed by atoms with Crippen LogP contribution in [0, 0.1) is 0 Å². The van der Waals surface area contributed by atoms with E-state index in [0.717, 1.165) is 12.8 Å². The van der Waals surface area contributed by atoms with E-state index in [1.54, 1.807) is 7.05 Å². The van der Waals surface area contributed by atoms with E-state index in [1.165, 1.54) is 4.90 Å². The van der Waals surface area contributed by atoms with Crippen molar-refractivity contribution >= 4 is 6.03 Å². The number of hydrogen-bond acceptors (Lipinski definition) is 2. The summed E-state index contributed by atoms with van der Waals surface area (Å²) in [6.07, 6.45) is 2.19. The van der Waals surface area contributed by atoms with Gasteiger partial charge in [0.25, 0.3) is 0 Å². The second-order valence-corrected chi connectivity index (χ2v) is 2.87. The zero-order valence-corrected chi connectivity index (χ0v) is 6.71. The summed E-state index contributed by atoms with van der Waals surface area (Å²) in [5, 5.41) is 11.3. The average Bonchev–Trinajstić information content (AvgIpc) is 2.72. The fourth-order valence-electron chi connectivity index (χ4n) is 0.764. The van der Waals surface area contributed by atoms with Crippen molar-refractivity contribution in [3.05, 3.63) is 0 Å². The molecule has 1 aliphatic carbocycles. The summed E-state index contributed by atoms with van der Waals surface area (Å²) < 4.78 is 0. The molecule has 4 heteroatoms. The minimum absolute atomic E-state index is 0.0224. The molecular formula is C7H14N2O2. The van der Waals surface area contributed by atoms with E-state index < -0.39 is 0 Å². The predicted molar refractivity (Wildman–Crippen MR) is 41.3 cm³/mol. The van der Waals surface area contributed by atoms with E-state index in [0.29, 0.717) is 12.6 Å². The first kappa shape index (κ1) is 8.33. The first-order chi connectivity index (χ1) is 5.24. The second-order valence-electron chi connectivity index (χ2n) is 2.87. The first-order valence-corrected chi connectivity index (χ1v) is 3.86. The lowest BCUT2D eigenvalue weighted by Gasteiger charge is -2.15. The van der Waals surface area contributed by atoms with Crippen molar-refractivity contribution in [2.45, 2.75) is 18.9 Å². The van der Waals surface area contributed by atoms with Gasteiger partial charge < -0.3 is 15.3 Å². The molecule has 1 fully saturated rings. The van der Waals surface area contributed by atoms with Gasteiger partial charge in [0.05, 0.1) is 6.61 Å². The van der Waals surface area contributed by atoms with Crippen LogP contribution in [0.25, 0.3) is 0 Å². The summed E-state index contributed by atoms with van der Waals surface area (Å²) >= 11 is 0. The van der Waals surface area contributed by atoms with Crippen molar-refractivity contribution in [1.82, 2.24) is 10.2 Å². The minimum atomic E-state index is -0.0819. The van der Waals surface area contributed by atoms with Gasteiger partial charge in [0, 0.05) is 19.6 Å². The Morgan fingerprint density at radius 1 is 1.73 bits per heavy atom. The summed E-state index contributed by atoms with van der Waals surface area (Å²) in [6, 6.07) is 0.310. The minimum Gasteiger partial charge on any atom is -0.395 e. The number of carbonyl (C=O) groups excluding carboxylic acids is 1. The molecule has 0 aromatic rings. The van der Waals surface area contributed by atoms with E-state index in [9.17, 15) is 4.79 Å². The number of likely N-dealkylation sites (N-methyl/N-ethyl adjacent to an activating group) is 1. The van der Waals surface area contributed by atoms with Crippen LogP contribution < -0.4 is 5.32 Å². The Morgan fingerprint density at radius 3 is 2.82 bits per heavy atom. The Hall–Kier alpha value is -0.770. The lowest BCUT2D eigenvalue weighted by atomic mass is 10.6. The van der Waals surface area contributed by atoms with Crippen molar-refractivity contribution in [2.24, 2.45) is 0 Å². The smallest absolute Gasteiger partial charge is 0.317 e. The average molecular weight is 158 g/mol. The number of carbonyl (C=O) groups is 1. The zero-order valence-electron chi connectivity index (χ0n) is 6.71. The molecule has 0 bridgehead atoms. The molecule has 0 spiro atoms. The normalized spacial score (nSPS) is 16.2. The number of hydrogen-bond donors (Lipinski definition) is 2. The number of nitrogens with one attached hydrogen (secondary N) is 1. The van der Waals surface area contributed by atoms with Gasteiger partial charge in [0.15, 0.2) is 0 Å². The summed E-state index contributed by atoms with van der Waals surface area (Å²) in [6.45, 7) is 0.424. The van der Waals surface area contributed by atoms with E-state index in [4.69, 9.17) is 5.11 Å². The van der Waals surface area contributed by atoms with Gasteiger partial charge in [-0.1, -0.05) is 0 Å². The van der Waals surface area contributed by atoms with Crippen LogP contribution in [0.3, 0.4) is 0 Å². The number of rotatable bonds is 3. The van der Waals surface area contributed by atoms with Gasteiger partial charge in [-0.05, 0) is 12.8 Å². The molecule has 2 N–H and O–H groups in total. The quantitative estimate of drug-likeness (QED) is 0.596. The number of urea groups is 1. The summed E-state index contributed by atoms with van der Waals surface area (Å²) in [5.41, 5.74) is 0. The number of amides is 2. The molecule has 0 atom stereocenters. The molecule has 0 aromatic heterocycles. The molecule has 0 saturated heterocycles. The maximum Gasteiger partial charge on any atom is 0.317 e. The summed E-state index contributed by atoms with van der Waals surface area (Å²) in [7, 11) is 1.67. The largest absolute Gasteiger partial charge is 0.395 e. The molecule has 1 saturated carbocycles. The van der Waals surface area contributed by atoms with Crippen LogP contribution in [0.15, 0.2) is 0 Å². The standard InChI is InChI=1S/C7H14N2O2/c1-9(4-5-10)7(11)8-6-2-3-6/h6,10H,2-5H2,1H3,(H,8,11). The van der Waals surface area contributed by atoms with Crippen molar-refractivity contribution in [1.29, 1.82) is 0 Å².